The van der Waals surface area contributed by atoms with Crippen LogP contribution in [0.1, 0.15) is 18.7 Å². The highest BCUT2D eigenvalue weighted by atomic mass is 32.2. The molecule has 2 fully saturated rings. The average Bonchev–Trinajstić information content (AvgIpc) is 3.10. The summed E-state index contributed by atoms with van der Waals surface area (Å²) in [5.74, 6) is 1.11. The number of rotatable bonds is 4. The molecule has 22 heavy (non-hydrogen) atoms. The fraction of sp³-hybridized carbons (Fsp3) is 0.692. The Bertz CT molecular complexity index is 610. The summed E-state index contributed by atoms with van der Waals surface area (Å²) in [7, 11) is -3.31. The second-order valence-electron chi connectivity index (χ2n) is 5.49. The van der Waals surface area contributed by atoms with E-state index in [-0.39, 0.29) is 6.61 Å². The Labute approximate surface area is 130 Å². The standard InChI is InChI=1S/C13H21N5O3S/c19-11-12-14-4-3-13(15-12)16-7-9-18(10-8-16)22(20,21)17-5-1-2-6-17/h3-4,19H,1-2,5-11H2. The largest absolute Gasteiger partial charge is 0.388 e. The van der Waals surface area contributed by atoms with E-state index in [2.05, 4.69) is 9.97 Å². The van der Waals surface area contributed by atoms with Crippen LogP contribution in [0, 0.1) is 0 Å². The molecule has 0 aliphatic carbocycles. The fourth-order valence-corrected chi connectivity index (χ4v) is 4.54. The van der Waals surface area contributed by atoms with Crippen LogP contribution in [-0.4, -0.2) is 71.4 Å². The normalized spacial score (nSPS) is 21.4. The molecule has 0 saturated carbocycles. The monoisotopic (exact) mass is 327 g/mol. The number of hydrogen-bond acceptors (Lipinski definition) is 6. The van der Waals surface area contributed by atoms with Gasteiger partial charge in [0.1, 0.15) is 12.4 Å². The van der Waals surface area contributed by atoms with Gasteiger partial charge in [-0.05, 0) is 18.9 Å². The van der Waals surface area contributed by atoms with Gasteiger partial charge in [-0.15, -0.1) is 0 Å². The summed E-state index contributed by atoms with van der Waals surface area (Å²) >= 11 is 0. The van der Waals surface area contributed by atoms with E-state index in [0.717, 1.165) is 18.7 Å². The van der Waals surface area contributed by atoms with Gasteiger partial charge in [-0.25, -0.2) is 9.97 Å². The first-order valence-corrected chi connectivity index (χ1v) is 8.94. The molecule has 2 saturated heterocycles. The summed E-state index contributed by atoms with van der Waals surface area (Å²) < 4.78 is 28.2. The van der Waals surface area contributed by atoms with Gasteiger partial charge in [0.25, 0.3) is 10.2 Å². The maximum absolute atomic E-state index is 12.5. The van der Waals surface area contributed by atoms with Crippen LogP contribution < -0.4 is 4.90 Å². The van der Waals surface area contributed by atoms with Gasteiger partial charge in [0.2, 0.25) is 0 Å². The van der Waals surface area contributed by atoms with Crippen molar-refractivity contribution in [2.75, 3.05) is 44.2 Å². The molecule has 2 aliphatic rings. The van der Waals surface area contributed by atoms with Crippen molar-refractivity contribution >= 4 is 16.0 Å². The molecule has 3 heterocycles. The number of aliphatic hydroxyl groups is 1. The van der Waals surface area contributed by atoms with Gasteiger partial charge in [-0.3, -0.25) is 0 Å². The molecule has 122 valence electrons. The molecule has 0 atom stereocenters. The van der Waals surface area contributed by atoms with Crippen molar-refractivity contribution < 1.29 is 13.5 Å². The number of anilines is 1. The third kappa shape index (κ3) is 3.07. The second-order valence-corrected chi connectivity index (χ2v) is 7.42. The van der Waals surface area contributed by atoms with E-state index in [0.29, 0.717) is 45.1 Å². The van der Waals surface area contributed by atoms with E-state index in [1.165, 1.54) is 0 Å². The van der Waals surface area contributed by atoms with Crippen molar-refractivity contribution in [3.05, 3.63) is 18.1 Å². The molecular formula is C13H21N5O3S. The summed E-state index contributed by atoms with van der Waals surface area (Å²) in [4.78, 5) is 10.2. The van der Waals surface area contributed by atoms with Crippen molar-refractivity contribution in [3.8, 4) is 0 Å². The minimum Gasteiger partial charge on any atom is -0.388 e. The molecular weight excluding hydrogens is 306 g/mol. The van der Waals surface area contributed by atoms with E-state index < -0.39 is 10.2 Å². The lowest BCUT2D eigenvalue weighted by Crippen LogP contribution is -2.52. The summed E-state index contributed by atoms with van der Waals surface area (Å²) in [6, 6.07) is 1.78. The highest BCUT2D eigenvalue weighted by Crippen LogP contribution is 2.20. The average molecular weight is 327 g/mol. The quantitative estimate of drug-likeness (QED) is 0.797. The van der Waals surface area contributed by atoms with Gasteiger partial charge < -0.3 is 10.0 Å². The highest BCUT2D eigenvalue weighted by molar-refractivity contribution is 7.86. The van der Waals surface area contributed by atoms with E-state index in [1.54, 1.807) is 20.9 Å². The zero-order chi connectivity index (χ0) is 15.6. The summed E-state index contributed by atoms with van der Waals surface area (Å²) in [5, 5.41) is 9.09. The lowest BCUT2D eigenvalue weighted by atomic mass is 10.3. The van der Waals surface area contributed by atoms with E-state index >= 15 is 0 Å². The minimum absolute atomic E-state index is 0.197. The van der Waals surface area contributed by atoms with Crippen LogP contribution in [0.2, 0.25) is 0 Å². The van der Waals surface area contributed by atoms with Gasteiger partial charge in [0.05, 0.1) is 0 Å². The molecule has 1 aromatic heterocycles. The molecule has 9 heteroatoms. The summed E-state index contributed by atoms with van der Waals surface area (Å²) in [5.41, 5.74) is 0. The van der Waals surface area contributed by atoms with Gasteiger partial charge in [-0.2, -0.15) is 17.0 Å². The maximum Gasteiger partial charge on any atom is 0.282 e. The molecule has 3 rings (SSSR count). The first kappa shape index (κ1) is 15.6. The summed E-state index contributed by atoms with van der Waals surface area (Å²) in [6.45, 7) is 3.16. The number of aliphatic hydroxyl groups excluding tert-OH is 1. The predicted molar refractivity (Wildman–Crippen MR) is 81.5 cm³/mol. The van der Waals surface area contributed by atoms with Crippen molar-refractivity contribution in [3.63, 3.8) is 0 Å². The van der Waals surface area contributed by atoms with Gasteiger partial charge >= 0.3 is 0 Å². The third-order valence-electron chi connectivity index (χ3n) is 4.11. The van der Waals surface area contributed by atoms with Crippen molar-refractivity contribution in [2.45, 2.75) is 19.4 Å². The van der Waals surface area contributed by atoms with Crippen LogP contribution in [0.15, 0.2) is 12.3 Å². The Hall–Kier alpha value is -1.29. The zero-order valence-corrected chi connectivity index (χ0v) is 13.2. The Morgan fingerprint density at radius 2 is 1.68 bits per heavy atom. The summed E-state index contributed by atoms with van der Waals surface area (Å²) in [6.07, 6.45) is 3.51. The van der Waals surface area contributed by atoms with Crippen molar-refractivity contribution in [2.24, 2.45) is 0 Å². The molecule has 8 nitrogen and oxygen atoms in total. The number of piperazine rings is 1. The van der Waals surface area contributed by atoms with Gasteiger partial charge in [0, 0.05) is 45.5 Å². The predicted octanol–water partition coefficient (Wildman–Crippen LogP) is -0.568. The smallest absolute Gasteiger partial charge is 0.282 e. The lowest BCUT2D eigenvalue weighted by Gasteiger charge is -2.36. The number of nitrogens with zero attached hydrogens (tertiary/aromatic N) is 5. The third-order valence-corrected chi connectivity index (χ3v) is 6.15. The van der Waals surface area contributed by atoms with Gasteiger partial charge in [-0.1, -0.05) is 0 Å². The van der Waals surface area contributed by atoms with Crippen LogP contribution in [0.3, 0.4) is 0 Å². The van der Waals surface area contributed by atoms with Crippen LogP contribution in [0.5, 0.6) is 0 Å². The molecule has 0 bridgehead atoms. The molecule has 1 N–H and O–H groups in total. The zero-order valence-electron chi connectivity index (χ0n) is 12.4. The Balaban J connectivity index is 1.64. The lowest BCUT2D eigenvalue weighted by molar-refractivity contribution is 0.271. The van der Waals surface area contributed by atoms with E-state index in [9.17, 15) is 8.42 Å². The molecule has 0 aromatic carbocycles. The number of hydrogen-bond donors (Lipinski definition) is 1. The Morgan fingerprint density at radius 1 is 1.05 bits per heavy atom. The van der Waals surface area contributed by atoms with Crippen LogP contribution in [0.4, 0.5) is 5.82 Å². The Kier molecular flexibility index (Phi) is 4.57. The minimum atomic E-state index is -3.31. The van der Waals surface area contributed by atoms with Crippen LogP contribution >= 0.6 is 0 Å². The SMILES string of the molecule is O=S(=O)(N1CCCC1)N1CCN(c2ccnc(CO)n2)CC1. The molecule has 1 aromatic rings. The first-order valence-electron chi connectivity index (χ1n) is 7.54. The molecule has 0 radical (unpaired) electrons. The topological polar surface area (TPSA) is 89.9 Å². The molecule has 2 aliphatic heterocycles. The van der Waals surface area contributed by atoms with Gasteiger partial charge in [0.15, 0.2) is 5.82 Å². The number of aromatic nitrogens is 2. The first-order chi connectivity index (χ1) is 10.6. The van der Waals surface area contributed by atoms with Crippen LogP contribution in [-0.2, 0) is 16.8 Å². The van der Waals surface area contributed by atoms with Crippen molar-refractivity contribution in [1.82, 2.24) is 18.6 Å². The molecule has 0 unspecified atom stereocenters. The van der Waals surface area contributed by atoms with E-state index in [4.69, 9.17) is 5.11 Å². The van der Waals surface area contributed by atoms with Crippen LogP contribution in [0.25, 0.3) is 0 Å². The fourth-order valence-electron chi connectivity index (χ4n) is 2.87. The highest BCUT2D eigenvalue weighted by Gasteiger charge is 2.33. The van der Waals surface area contributed by atoms with Crippen molar-refractivity contribution in [1.29, 1.82) is 0 Å². The maximum atomic E-state index is 12.5. The van der Waals surface area contributed by atoms with E-state index in [1.807, 2.05) is 4.90 Å². The second kappa shape index (κ2) is 6.45. The Morgan fingerprint density at radius 3 is 2.32 bits per heavy atom. The molecule has 0 amide bonds. The molecule has 0 spiro atoms.